The van der Waals surface area contributed by atoms with Crippen molar-refractivity contribution >= 4 is 5.78 Å². The molecule has 98 valence electrons. The Labute approximate surface area is 104 Å². The van der Waals surface area contributed by atoms with Crippen molar-refractivity contribution in [2.45, 2.75) is 52.0 Å². The predicted octanol–water partition coefficient (Wildman–Crippen LogP) is 1.84. The summed E-state index contributed by atoms with van der Waals surface area (Å²) in [7, 11) is 0. The zero-order chi connectivity index (χ0) is 12.5. The minimum atomic E-state index is 0.200. The van der Waals surface area contributed by atoms with Crippen LogP contribution in [-0.2, 0) is 4.79 Å². The van der Waals surface area contributed by atoms with E-state index in [2.05, 4.69) is 18.7 Å². The van der Waals surface area contributed by atoms with Gasteiger partial charge in [0.1, 0.15) is 5.78 Å². The molecule has 1 atom stereocenters. The molecule has 2 rings (SSSR count). The van der Waals surface area contributed by atoms with Crippen molar-refractivity contribution in [1.82, 2.24) is 4.90 Å². The van der Waals surface area contributed by atoms with E-state index in [-0.39, 0.29) is 12.5 Å². The Kier molecular flexibility index (Phi) is 3.88. The van der Waals surface area contributed by atoms with Crippen LogP contribution in [0.15, 0.2) is 0 Å². The summed E-state index contributed by atoms with van der Waals surface area (Å²) in [5.41, 5.74) is 0.313. The molecule has 0 bridgehead atoms. The Morgan fingerprint density at radius 1 is 1.41 bits per heavy atom. The smallest absolute Gasteiger partial charge is 0.137 e. The molecule has 17 heavy (non-hydrogen) atoms. The van der Waals surface area contributed by atoms with Crippen LogP contribution in [0.1, 0.15) is 46.0 Å². The molecule has 0 aromatic rings. The molecule has 0 spiro atoms. The summed E-state index contributed by atoms with van der Waals surface area (Å²) in [5.74, 6) is 0.638. The number of rotatable bonds is 5. The quantitative estimate of drug-likeness (QED) is 0.796. The van der Waals surface area contributed by atoms with Crippen LogP contribution in [0, 0.1) is 11.3 Å². The summed E-state index contributed by atoms with van der Waals surface area (Å²) in [4.78, 5) is 14.3. The van der Waals surface area contributed by atoms with Crippen LogP contribution in [0.3, 0.4) is 0 Å². The molecule has 2 aliphatic rings. The second-order valence-corrected chi connectivity index (χ2v) is 6.48. The van der Waals surface area contributed by atoms with Crippen LogP contribution in [0.2, 0.25) is 0 Å². The highest BCUT2D eigenvalue weighted by molar-refractivity contribution is 5.82. The fraction of sp³-hybridized carbons (Fsp3) is 0.929. The van der Waals surface area contributed by atoms with Gasteiger partial charge in [-0.1, -0.05) is 13.8 Å². The summed E-state index contributed by atoms with van der Waals surface area (Å²) in [6, 6.07) is 0.639. The first-order chi connectivity index (χ1) is 8.02. The molecule has 2 aliphatic carbocycles. The van der Waals surface area contributed by atoms with Gasteiger partial charge < -0.3 is 5.11 Å². The minimum absolute atomic E-state index is 0.200. The number of Topliss-reactive ketones (excluding diaryl/α,β-unsaturated/α-hetero) is 1. The van der Waals surface area contributed by atoms with Crippen LogP contribution in [-0.4, -0.2) is 41.5 Å². The van der Waals surface area contributed by atoms with Gasteiger partial charge in [-0.15, -0.1) is 0 Å². The molecule has 2 fully saturated rings. The van der Waals surface area contributed by atoms with Crippen molar-refractivity contribution in [2.75, 3.05) is 19.7 Å². The molecule has 0 aliphatic heterocycles. The zero-order valence-corrected chi connectivity index (χ0v) is 11.1. The molecule has 0 aromatic heterocycles. The highest BCUT2D eigenvalue weighted by Crippen LogP contribution is 2.38. The number of carbonyl (C=O) groups is 1. The van der Waals surface area contributed by atoms with Crippen molar-refractivity contribution < 1.29 is 9.90 Å². The number of hydrogen-bond acceptors (Lipinski definition) is 3. The van der Waals surface area contributed by atoms with Crippen molar-refractivity contribution in [3.8, 4) is 0 Å². The lowest BCUT2D eigenvalue weighted by atomic mass is 9.71. The van der Waals surface area contributed by atoms with Gasteiger partial charge in [0.2, 0.25) is 0 Å². The second-order valence-electron chi connectivity index (χ2n) is 6.48. The van der Waals surface area contributed by atoms with Crippen molar-refractivity contribution in [1.29, 1.82) is 0 Å². The summed E-state index contributed by atoms with van der Waals surface area (Å²) in [6.45, 7) is 6.34. The summed E-state index contributed by atoms with van der Waals surface area (Å²) >= 11 is 0. The van der Waals surface area contributed by atoms with Gasteiger partial charge in [-0.25, -0.2) is 0 Å². The second kappa shape index (κ2) is 5.07. The Bertz CT molecular complexity index is 284. The van der Waals surface area contributed by atoms with Crippen LogP contribution >= 0.6 is 0 Å². The molecular weight excluding hydrogens is 214 g/mol. The fourth-order valence-electron chi connectivity index (χ4n) is 2.99. The van der Waals surface area contributed by atoms with Crippen molar-refractivity contribution in [2.24, 2.45) is 11.3 Å². The molecule has 2 saturated carbocycles. The summed E-state index contributed by atoms with van der Waals surface area (Å²) in [6.07, 6.45) is 5.27. The van der Waals surface area contributed by atoms with Gasteiger partial charge in [0.05, 0.1) is 6.61 Å². The maximum atomic E-state index is 12.0. The predicted molar refractivity (Wildman–Crippen MR) is 67.8 cm³/mol. The van der Waals surface area contributed by atoms with Gasteiger partial charge in [0.25, 0.3) is 0 Å². The van der Waals surface area contributed by atoms with E-state index in [0.717, 1.165) is 32.4 Å². The molecule has 0 heterocycles. The largest absolute Gasteiger partial charge is 0.395 e. The van der Waals surface area contributed by atoms with Gasteiger partial charge in [0.15, 0.2) is 0 Å². The van der Waals surface area contributed by atoms with Crippen LogP contribution < -0.4 is 0 Å². The Morgan fingerprint density at radius 3 is 2.71 bits per heavy atom. The van der Waals surface area contributed by atoms with E-state index in [0.29, 0.717) is 17.2 Å². The number of carbonyl (C=O) groups excluding carboxylic acids is 1. The van der Waals surface area contributed by atoms with E-state index in [1.165, 1.54) is 12.8 Å². The maximum absolute atomic E-state index is 12.0. The van der Waals surface area contributed by atoms with Gasteiger partial charge in [-0.2, -0.15) is 0 Å². The van der Waals surface area contributed by atoms with Gasteiger partial charge >= 0.3 is 0 Å². The standard InChI is InChI=1S/C14H25NO2/c1-14(2)6-5-13(17)11(9-14)10-15(7-8-16)12-3-4-12/h11-12,16H,3-10H2,1-2H3. The lowest BCUT2D eigenvalue weighted by Crippen LogP contribution is -2.40. The molecule has 0 aromatic carbocycles. The summed E-state index contributed by atoms with van der Waals surface area (Å²) < 4.78 is 0. The third kappa shape index (κ3) is 3.52. The lowest BCUT2D eigenvalue weighted by Gasteiger charge is -2.36. The highest BCUT2D eigenvalue weighted by Gasteiger charge is 2.37. The molecular formula is C14H25NO2. The topological polar surface area (TPSA) is 40.5 Å². The normalized spacial score (nSPS) is 28.7. The van der Waals surface area contributed by atoms with E-state index >= 15 is 0 Å². The summed E-state index contributed by atoms with van der Waals surface area (Å²) in [5, 5.41) is 9.08. The third-order valence-corrected chi connectivity index (χ3v) is 4.21. The zero-order valence-electron chi connectivity index (χ0n) is 11.1. The van der Waals surface area contributed by atoms with E-state index in [9.17, 15) is 4.79 Å². The first-order valence-corrected chi connectivity index (χ1v) is 6.89. The average molecular weight is 239 g/mol. The van der Waals surface area contributed by atoms with Crippen LogP contribution in [0.5, 0.6) is 0 Å². The van der Waals surface area contributed by atoms with Gasteiger partial charge in [-0.05, 0) is 31.1 Å². The molecule has 0 saturated heterocycles. The Hall–Kier alpha value is -0.410. The molecule has 0 radical (unpaired) electrons. The first kappa shape index (κ1) is 13.0. The van der Waals surface area contributed by atoms with Crippen LogP contribution in [0.25, 0.3) is 0 Å². The maximum Gasteiger partial charge on any atom is 0.137 e. The number of ketones is 1. The van der Waals surface area contributed by atoms with Gasteiger partial charge in [0, 0.05) is 31.5 Å². The van der Waals surface area contributed by atoms with Gasteiger partial charge in [-0.3, -0.25) is 9.69 Å². The minimum Gasteiger partial charge on any atom is -0.395 e. The monoisotopic (exact) mass is 239 g/mol. The number of aliphatic hydroxyl groups is 1. The third-order valence-electron chi connectivity index (χ3n) is 4.21. The fourth-order valence-corrected chi connectivity index (χ4v) is 2.99. The number of nitrogens with zero attached hydrogens (tertiary/aromatic N) is 1. The van der Waals surface area contributed by atoms with E-state index in [1.54, 1.807) is 0 Å². The van der Waals surface area contributed by atoms with E-state index in [1.807, 2.05) is 0 Å². The first-order valence-electron chi connectivity index (χ1n) is 6.89. The molecule has 3 heteroatoms. The molecule has 1 N–H and O–H groups in total. The van der Waals surface area contributed by atoms with Crippen molar-refractivity contribution in [3.05, 3.63) is 0 Å². The van der Waals surface area contributed by atoms with Crippen LogP contribution in [0.4, 0.5) is 0 Å². The SMILES string of the molecule is CC1(C)CCC(=O)C(CN(CCO)C2CC2)C1. The Balaban J connectivity index is 1.92. The number of hydrogen-bond donors (Lipinski definition) is 1. The average Bonchev–Trinajstić information content (AvgIpc) is 3.06. The molecule has 1 unspecified atom stereocenters. The molecule has 3 nitrogen and oxygen atoms in total. The Morgan fingerprint density at radius 2 is 2.12 bits per heavy atom. The highest BCUT2D eigenvalue weighted by atomic mass is 16.3. The van der Waals surface area contributed by atoms with E-state index in [4.69, 9.17) is 5.11 Å². The van der Waals surface area contributed by atoms with E-state index < -0.39 is 0 Å². The van der Waals surface area contributed by atoms with Crippen molar-refractivity contribution in [3.63, 3.8) is 0 Å². The number of aliphatic hydroxyl groups excluding tert-OH is 1. The molecule has 0 amide bonds. The lowest BCUT2D eigenvalue weighted by molar-refractivity contribution is -0.127.